The van der Waals surface area contributed by atoms with Crippen LogP contribution in [0.5, 0.6) is 5.75 Å². The normalized spacial score (nSPS) is 10.0. The molecule has 5 nitrogen and oxygen atoms in total. The summed E-state index contributed by atoms with van der Waals surface area (Å²) in [4.78, 5) is 12.0. The van der Waals surface area contributed by atoms with Gasteiger partial charge in [0.2, 0.25) is 5.91 Å². The highest BCUT2D eigenvalue weighted by Crippen LogP contribution is 2.25. The van der Waals surface area contributed by atoms with E-state index in [1.807, 2.05) is 6.92 Å². The number of anilines is 1. The molecule has 104 valence electrons. The molecule has 0 aromatic heterocycles. The van der Waals surface area contributed by atoms with Gasteiger partial charge in [-0.2, -0.15) is 0 Å². The first-order valence-corrected chi connectivity index (χ1v) is 6.34. The molecule has 19 heavy (non-hydrogen) atoms. The van der Waals surface area contributed by atoms with Crippen LogP contribution < -0.4 is 15.8 Å². The molecule has 0 unspecified atom stereocenters. The number of carbonyl (C=O) groups excluding carboxylic acids is 1. The van der Waals surface area contributed by atoms with Crippen LogP contribution in [0, 0.1) is 0 Å². The van der Waals surface area contributed by atoms with Gasteiger partial charge in [-0.1, -0.05) is 12.2 Å². The Kier molecular flexibility index (Phi) is 6.24. The molecule has 0 aliphatic heterocycles. The number of nitrogens with one attached hydrogen (secondary N) is 1. The van der Waals surface area contributed by atoms with Gasteiger partial charge in [-0.05, 0) is 25.1 Å². The first-order chi connectivity index (χ1) is 9.08. The Balaban J connectivity index is 2.72. The van der Waals surface area contributed by atoms with Crippen LogP contribution in [-0.2, 0) is 9.53 Å². The molecule has 0 heterocycles. The van der Waals surface area contributed by atoms with Gasteiger partial charge in [0.05, 0.1) is 25.8 Å². The maximum atomic E-state index is 11.7. The number of carbonyl (C=O) groups is 1. The van der Waals surface area contributed by atoms with Crippen molar-refractivity contribution in [2.24, 2.45) is 5.73 Å². The average Bonchev–Trinajstić information content (AvgIpc) is 2.39. The summed E-state index contributed by atoms with van der Waals surface area (Å²) in [7, 11) is 1.52. The van der Waals surface area contributed by atoms with Crippen molar-refractivity contribution in [1.29, 1.82) is 0 Å². The van der Waals surface area contributed by atoms with Gasteiger partial charge < -0.3 is 20.5 Å². The maximum Gasteiger partial charge on any atom is 0.226 e. The third-order valence-electron chi connectivity index (χ3n) is 2.44. The van der Waals surface area contributed by atoms with Crippen molar-refractivity contribution in [2.75, 3.05) is 25.6 Å². The SMILES string of the molecule is CCOCCC(=O)Nc1ccc(C(N)=S)cc1OC. The number of rotatable bonds is 7. The second kappa shape index (κ2) is 7.70. The lowest BCUT2D eigenvalue weighted by molar-refractivity contribution is -0.117. The zero-order valence-corrected chi connectivity index (χ0v) is 11.9. The molecule has 0 atom stereocenters. The summed E-state index contributed by atoms with van der Waals surface area (Å²) < 4.78 is 10.3. The fourth-order valence-corrected chi connectivity index (χ4v) is 1.60. The van der Waals surface area contributed by atoms with Crippen molar-refractivity contribution in [2.45, 2.75) is 13.3 Å². The molecule has 0 saturated carbocycles. The Morgan fingerprint density at radius 3 is 2.79 bits per heavy atom. The molecule has 0 saturated heterocycles. The first-order valence-electron chi connectivity index (χ1n) is 5.94. The van der Waals surface area contributed by atoms with Crippen LogP contribution in [0.4, 0.5) is 5.69 Å². The van der Waals surface area contributed by atoms with Crippen LogP contribution in [0.1, 0.15) is 18.9 Å². The molecule has 0 aliphatic carbocycles. The number of amides is 1. The van der Waals surface area contributed by atoms with Crippen LogP contribution in [0.2, 0.25) is 0 Å². The number of thiocarbonyl (C=S) groups is 1. The monoisotopic (exact) mass is 282 g/mol. The smallest absolute Gasteiger partial charge is 0.226 e. The van der Waals surface area contributed by atoms with E-state index in [2.05, 4.69) is 5.32 Å². The van der Waals surface area contributed by atoms with Crippen LogP contribution >= 0.6 is 12.2 Å². The third kappa shape index (κ3) is 4.84. The Morgan fingerprint density at radius 1 is 1.47 bits per heavy atom. The summed E-state index contributed by atoms with van der Waals surface area (Å²) >= 11 is 4.89. The van der Waals surface area contributed by atoms with Crippen LogP contribution in [0.15, 0.2) is 18.2 Å². The summed E-state index contributed by atoms with van der Waals surface area (Å²) in [6, 6.07) is 5.15. The van der Waals surface area contributed by atoms with Crippen LogP contribution in [0.25, 0.3) is 0 Å². The quantitative estimate of drug-likeness (QED) is 0.588. The van der Waals surface area contributed by atoms with Crippen molar-refractivity contribution in [3.8, 4) is 5.75 Å². The van der Waals surface area contributed by atoms with Gasteiger partial charge >= 0.3 is 0 Å². The molecule has 0 fully saturated rings. The molecular formula is C13H18N2O3S. The fourth-order valence-electron chi connectivity index (χ4n) is 1.47. The van der Waals surface area contributed by atoms with E-state index in [0.29, 0.717) is 36.6 Å². The highest BCUT2D eigenvalue weighted by Gasteiger charge is 2.09. The Bertz CT molecular complexity index is 463. The highest BCUT2D eigenvalue weighted by atomic mass is 32.1. The molecule has 6 heteroatoms. The molecule has 0 radical (unpaired) electrons. The molecule has 0 aliphatic rings. The van der Waals surface area contributed by atoms with Crippen LogP contribution in [-0.4, -0.2) is 31.2 Å². The molecule has 1 rings (SSSR count). The molecule has 1 aromatic rings. The minimum Gasteiger partial charge on any atom is -0.495 e. The highest BCUT2D eigenvalue weighted by molar-refractivity contribution is 7.80. The minimum atomic E-state index is -0.130. The fraction of sp³-hybridized carbons (Fsp3) is 0.385. The summed E-state index contributed by atoms with van der Waals surface area (Å²) in [5.41, 5.74) is 6.82. The number of nitrogens with two attached hydrogens (primary N) is 1. The maximum absolute atomic E-state index is 11.7. The second-order valence-electron chi connectivity index (χ2n) is 3.77. The standard InChI is InChI=1S/C13H18N2O3S/c1-3-18-7-6-12(16)15-10-5-4-9(13(14)19)8-11(10)17-2/h4-5,8H,3,6-7H2,1-2H3,(H2,14,19)(H,15,16). The molecule has 0 spiro atoms. The number of hydrogen-bond donors (Lipinski definition) is 2. The van der Waals surface area contributed by atoms with E-state index in [-0.39, 0.29) is 10.9 Å². The summed E-state index contributed by atoms with van der Waals surface area (Å²) in [5.74, 6) is 0.393. The van der Waals surface area contributed by atoms with Gasteiger partial charge in [0, 0.05) is 12.2 Å². The van der Waals surface area contributed by atoms with Crippen molar-refractivity contribution in [1.82, 2.24) is 0 Å². The van der Waals surface area contributed by atoms with E-state index in [1.54, 1.807) is 18.2 Å². The lowest BCUT2D eigenvalue weighted by atomic mass is 10.2. The Morgan fingerprint density at radius 2 is 2.21 bits per heavy atom. The van der Waals surface area contributed by atoms with E-state index in [1.165, 1.54) is 7.11 Å². The van der Waals surface area contributed by atoms with E-state index in [9.17, 15) is 4.79 Å². The zero-order chi connectivity index (χ0) is 14.3. The summed E-state index contributed by atoms with van der Waals surface area (Å²) in [6.45, 7) is 2.88. The van der Waals surface area contributed by atoms with E-state index in [4.69, 9.17) is 27.4 Å². The zero-order valence-electron chi connectivity index (χ0n) is 11.1. The third-order valence-corrected chi connectivity index (χ3v) is 2.67. The van der Waals surface area contributed by atoms with Gasteiger partial charge in [0.15, 0.2) is 0 Å². The van der Waals surface area contributed by atoms with Gasteiger partial charge in [-0.3, -0.25) is 4.79 Å². The largest absolute Gasteiger partial charge is 0.495 e. The van der Waals surface area contributed by atoms with Gasteiger partial charge in [0.1, 0.15) is 10.7 Å². The molecule has 1 amide bonds. The lowest BCUT2D eigenvalue weighted by Crippen LogP contribution is -2.15. The van der Waals surface area contributed by atoms with E-state index in [0.717, 1.165) is 0 Å². The number of ether oxygens (including phenoxy) is 2. The van der Waals surface area contributed by atoms with Gasteiger partial charge in [0.25, 0.3) is 0 Å². The van der Waals surface area contributed by atoms with Crippen molar-refractivity contribution >= 4 is 28.8 Å². The van der Waals surface area contributed by atoms with Crippen molar-refractivity contribution < 1.29 is 14.3 Å². The van der Waals surface area contributed by atoms with Gasteiger partial charge in [-0.25, -0.2) is 0 Å². The van der Waals surface area contributed by atoms with Crippen LogP contribution in [0.3, 0.4) is 0 Å². The summed E-state index contributed by atoms with van der Waals surface area (Å²) in [6.07, 6.45) is 0.300. The predicted octanol–water partition coefficient (Wildman–Crippen LogP) is 1.69. The Hall–Kier alpha value is -1.66. The summed E-state index contributed by atoms with van der Waals surface area (Å²) in [5, 5.41) is 2.76. The van der Waals surface area contributed by atoms with Crippen molar-refractivity contribution in [3.63, 3.8) is 0 Å². The Labute approximate surface area is 118 Å². The number of hydrogen-bond acceptors (Lipinski definition) is 4. The second-order valence-corrected chi connectivity index (χ2v) is 4.21. The predicted molar refractivity (Wildman–Crippen MR) is 78.6 cm³/mol. The first kappa shape index (κ1) is 15.4. The number of methoxy groups -OCH3 is 1. The van der Waals surface area contributed by atoms with E-state index >= 15 is 0 Å². The topological polar surface area (TPSA) is 73.6 Å². The molecular weight excluding hydrogens is 264 g/mol. The molecule has 3 N–H and O–H groups in total. The molecule has 0 bridgehead atoms. The van der Waals surface area contributed by atoms with Crippen molar-refractivity contribution in [3.05, 3.63) is 23.8 Å². The average molecular weight is 282 g/mol. The lowest BCUT2D eigenvalue weighted by Gasteiger charge is -2.11. The van der Waals surface area contributed by atoms with Gasteiger partial charge in [-0.15, -0.1) is 0 Å². The van der Waals surface area contributed by atoms with E-state index < -0.39 is 0 Å². The number of benzene rings is 1. The molecule has 1 aromatic carbocycles. The minimum absolute atomic E-state index is 0.130.